The van der Waals surface area contributed by atoms with E-state index >= 15 is 0 Å². The van der Waals surface area contributed by atoms with Crippen LogP contribution in [-0.2, 0) is 9.53 Å². The Labute approximate surface area is 165 Å². The van der Waals surface area contributed by atoms with Crippen molar-refractivity contribution in [1.82, 2.24) is 9.59 Å². The summed E-state index contributed by atoms with van der Waals surface area (Å²) in [5, 5.41) is 8.67. The van der Waals surface area contributed by atoms with Crippen LogP contribution in [0.15, 0.2) is 47.8 Å². The molecule has 0 atom stereocenters. The van der Waals surface area contributed by atoms with Crippen LogP contribution in [0.2, 0.25) is 0 Å². The lowest BCUT2D eigenvalue weighted by molar-refractivity contribution is -0.142. The number of nitrogens with one attached hydrogen (secondary N) is 1. The molecule has 144 valence electrons. The largest absolute Gasteiger partial charge is 0.493 e. The zero-order chi connectivity index (χ0) is 19.9. The first-order valence-electron chi connectivity index (χ1n) is 8.17. The van der Waals surface area contributed by atoms with E-state index in [2.05, 4.69) is 19.6 Å². The van der Waals surface area contributed by atoms with Gasteiger partial charge in [0, 0.05) is 22.2 Å². The van der Waals surface area contributed by atoms with E-state index in [0.29, 0.717) is 17.0 Å². The lowest BCUT2D eigenvalue weighted by Crippen LogP contribution is -2.15. The van der Waals surface area contributed by atoms with E-state index in [0.717, 1.165) is 11.3 Å². The normalized spacial score (nSPS) is 10.2. The molecule has 1 N–H and O–H groups in total. The van der Waals surface area contributed by atoms with Gasteiger partial charge in [-0.1, -0.05) is 16.6 Å². The lowest BCUT2D eigenvalue weighted by Gasteiger charge is -2.12. The molecule has 0 radical (unpaired) electrons. The highest BCUT2D eigenvalue weighted by atomic mass is 32.1. The van der Waals surface area contributed by atoms with Crippen LogP contribution in [0, 0.1) is 0 Å². The standard InChI is InChI=1S/C19H17N3O5S/c1-25-16-8-5-13(9-17(16)27-10-18(23)26-2)19(24)20-14-6-3-12(4-7-14)15-11-28-22-21-15/h3-9,11H,10H2,1-2H3,(H,20,24). The Morgan fingerprint density at radius 3 is 2.50 bits per heavy atom. The van der Waals surface area contributed by atoms with Crippen molar-refractivity contribution in [3.63, 3.8) is 0 Å². The van der Waals surface area contributed by atoms with E-state index in [1.165, 1.54) is 31.8 Å². The minimum atomic E-state index is -0.535. The zero-order valence-corrected chi connectivity index (χ0v) is 16.0. The van der Waals surface area contributed by atoms with Crippen LogP contribution in [-0.4, -0.2) is 42.3 Å². The number of aromatic nitrogens is 2. The number of carbonyl (C=O) groups excluding carboxylic acids is 2. The Morgan fingerprint density at radius 1 is 1.07 bits per heavy atom. The molecule has 0 saturated heterocycles. The van der Waals surface area contributed by atoms with Gasteiger partial charge in [-0.15, -0.1) is 5.10 Å². The summed E-state index contributed by atoms with van der Waals surface area (Å²) in [6, 6.07) is 12.0. The fourth-order valence-corrected chi connectivity index (χ4v) is 2.81. The summed E-state index contributed by atoms with van der Waals surface area (Å²) in [5.41, 5.74) is 2.68. The monoisotopic (exact) mass is 399 g/mol. The summed E-state index contributed by atoms with van der Waals surface area (Å²) in [6.45, 7) is -0.287. The number of hydrogen-bond donors (Lipinski definition) is 1. The number of carbonyl (C=O) groups is 2. The van der Waals surface area contributed by atoms with Gasteiger partial charge in [0.15, 0.2) is 18.1 Å². The van der Waals surface area contributed by atoms with E-state index < -0.39 is 5.97 Å². The molecule has 3 rings (SSSR count). The molecule has 1 heterocycles. The Morgan fingerprint density at radius 2 is 1.86 bits per heavy atom. The zero-order valence-electron chi connectivity index (χ0n) is 15.2. The van der Waals surface area contributed by atoms with Crippen LogP contribution in [0.4, 0.5) is 5.69 Å². The third-order valence-electron chi connectivity index (χ3n) is 3.80. The summed E-state index contributed by atoms with van der Waals surface area (Å²) in [6.07, 6.45) is 0. The fraction of sp³-hybridized carbons (Fsp3) is 0.158. The molecular formula is C19H17N3O5S. The molecule has 28 heavy (non-hydrogen) atoms. The van der Waals surface area contributed by atoms with Crippen LogP contribution in [0.5, 0.6) is 11.5 Å². The van der Waals surface area contributed by atoms with E-state index in [-0.39, 0.29) is 18.3 Å². The van der Waals surface area contributed by atoms with E-state index in [9.17, 15) is 9.59 Å². The van der Waals surface area contributed by atoms with Gasteiger partial charge in [-0.2, -0.15) is 0 Å². The second kappa shape index (κ2) is 8.96. The minimum absolute atomic E-state index is 0.270. The Bertz CT molecular complexity index is 958. The number of rotatable bonds is 7. The summed E-state index contributed by atoms with van der Waals surface area (Å²) in [5.74, 6) is -0.186. The summed E-state index contributed by atoms with van der Waals surface area (Å²) >= 11 is 1.28. The molecule has 3 aromatic rings. The van der Waals surface area contributed by atoms with Crippen molar-refractivity contribution in [1.29, 1.82) is 0 Å². The van der Waals surface area contributed by atoms with Gasteiger partial charge < -0.3 is 19.5 Å². The number of esters is 1. The molecule has 1 aromatic heterocycles. The number of anilines is 1. The second-order valence-electron chi connectivity index (χ2n) is 5.55. The molecule has 9 heteroatoms. The fourth-order valence-electron chi connectivity index (χ4n) is 2.34. The number of hydrogen-bond acceptors (Lipinski definition) is 8. The topological polar surface area (TPSA) is 99.6 Å². The van der Waals surface area contributed by atoms with Crippen molar-refractivity contribution in [2.45, 2.75) is 0 Å². The summed E-state index contributed by atoms with van der Waals surface area (Å²) in [7, 11) is 2.74. The van der Waals surface area contributed by atoms with Gasteiger partial charge in [-0.3, -0.25) is 4.79 Å². The molecule has 0 aliphatic heterocycles. The molecule has 0 aliphatic carbocycles. The lowest BCUT2D eigenvalue weighted by atomic mass is 10.1. The van der Waals surface area contributed by atoms with Crippen LogP contribution < -0.4 is 14.8 Å². The van der Waals surface area contributed by atoms with Crippen LogP contribution in [0.1, 0.15) is 10.4 Å². The summed E-state index contributed by atoms with van der Waals surface area (Å²) < 4.78 is 19.0. The van der Waals surface area contributed by atoms with E-state index in [4.69, 9.17) is 9.47 Å². The molecule has 1 amide bonds. The first-order valence-corrected chi connectivity index (χ1v) is 9.01. The van der Waals surface area contributed by atoms with Gasteiger partial charge in [-0.05, 0) is 41.9 Å². The van der Waals surface area contributed by atoms with Crippen LogP contribution in [0.25, 0.3) is 11.3 Å². The average Bonchev–Trinajstić information content (AvgIpc) is 3.27. The highest BCUT2D eigenvalue weighted by Gasteiger charge is 2.13. The SMILES string of the molecule is COC(=O)COc1cc(C(=O)Nc2ccc(-c3csnn3)cc2)ccc1OC. The molecule has 0 fully saturated rings. The quantitative estimate of drug-likeness (QED) is 0.610. The van der Waals surface area contributed by atoms with Gasteiger partial charge in [0.25, 0.3) is 5.91 Å². The maximum absolute atomic E-state index is 12.6. The molecule has 0 bridgehead atoms. The predicted molar refractivity (Wildman–Crippen MR) is 104 cm³/mol. The second-order valence-corrected chi connectivity index (χ2v) is 6.16. The highest BCUT2D eigenvalue weighted by Crippen LogP contribution is 2.28. The molecular weight excluding hydrogens is 382 g/mol. The summed E-state index contributed by atoms with van der Waals surface area (Å²) in [4.78, 5) is 23.8. The van der Waals surface area contributed by atoms with Gasteiger partial charge in [0.05, 0.1) is 14.2 Å². The Balaban J connectivity index is 1.72. The molecule has 0 spiro atoms. The third kappa shape index (κ3) is 4.63. The van der Waals surface area contributed by atoms with Crippen molar-refractivity contribution >= 4 is 29.1 Å². The highest BCUT2D eigenvalue weighted by molar-refractivity contribution is 7.03. The minimum Gasteiger partial charge on any atom is -0.493 e. The van der Waals surface area contributed by atoms with Crippen molar-refractivity contribution in [3.8, 4) is 22.8 Å². The molecule has 8 nitrogen and oxygen atoms in total. The van der Waals surface area contributed by atoms with E-state index in [1.54, 1.807) is 24.3 Å². The first kappa shape index (κ1) is 19.3. The maximum Gasteiger partial charge on any atom is 0.343 e. The van der Waals surface area contributed by atoms with Gasteiger partial charge in [-0.25, -0.2) is 4.79 Å². The molecule has 2 aromatic carbocycles. The molecule has 0 saturated carbocycles. The molecule has 0 unspecified atom stereocenters. The van der Waals surface area contributed by atoms with Crippen molar-refractivity contribution in [2.24, 2.45) is 0 Å². The van der Waals surface area contributed by atoms with Gasteiger partial charge >= 0.3 is 5.97 Å². The van der Waals surface area contributed by atoms with Crippen molar-refractivity contribution in [2.75, 3.05) is 26.1 Å². The average molecular weight is 399 g/mol. The number of benzene rings is 2. The Hall–Kier alpha value is -3.46. The Kier molecular flexibility index (Phi) is 6.18. The van der Waals surface area contributed by atoms with Gasteiger partial charge in [0.2, 0.25) is 0 Å². The number of amides is 1. The van der Waals surface area contributed by atoms with Crippen molar-refractivity contribution in [3.05, 3.63) is 53.4 Å². The molecule has 0 aliphatic rings. The number of ether oxygens (including phenoxy) is 3. The first-order chi connectivity index (χ1) is 13.6. The third-order valence-corrected chi connectivity index (χ3v) is 4.30. The predicted octanol–water partition coefficient (Wildman–Crippen LogP) is 3.02. The number of nitrogens with zero attached hydrogens (tertiary/aromatic N) is 2. The van der Waals surface area contributed by atoms with Gasteiger partial charge in [0.1, 0.15) is 5.69 Å². The van der Waals surface area contributed by atoms with Crippen LogP contribution >= 0.6 is 11.5 Å². The smallest absolute Gasteiger partial charge is 0.343 e. The van der Waals surface area contributed by atoms with E-state index in [1.807, 2.05) is 17.5 Å². The number of methoxy groups -OCH3 is 2. The van der Waals surface area contributed by atoms with Crippen molar-refractivity contribution < 1.29 is 23.8 Å². The maximum atomic E-state index is 12.6. The van der Waals surface area contributed by atoms with Crippen LogP contribution in [0.3, 0.4) is 0 Å².